The van der Waals surface area contributed by atoms with Gasteiger partial charge >= 0.3 is 0 Å². The van der Waals surface area contributed by atoms with Gasteiger partial charge < -0.3 is 9.47 Å². The summed E-state index contributed by atoms with van der Waals surface area (Å²) in [7, 11) is 0. The molecule has 6 aromatic rings. The fourth-order valence-electron chi connectivity index (χ4n) is 8.66. The van der Waals surface area contributed by atoms with Gasteiger partial charge in [-0.15, -0.1) is 0 Å². The van der Waals surface area contributed by atoms with Gasteiger partial charge in [-0.1, -0.05) is 72.7 Å². The highest BCUT2D eigenvalue weighted by Crippen LogP contribution is 2.54. The highest BCUT2D eigenvalue weighted by Gasteiger charge is 2.59. The minimum Gasteiger partial charge on any atom is -0.467 e. The van der Waals surface area contributed by atoms with Crippen LogP contribution >= 0.6 is 0 Å². The van der Waals surface area contributed by atoms with Gasteiger partial charge in [-0.3, -0.25) is 4.57 Å². The molecule has 0 radical (unpaired) electrons. The quantitative estimate of drug-likeness (QED) is 0.183. The lowest BCUT2D eigenvalue weighted by Gasteiger charge is -2.35. The van der Waals surface area contributed by atoms with E-state index in [9.17, 15) is 2.74 Å². The number of aryl methyl sites for hydroxylation is 2. The summed E-state index contributed by atoms with van der Waals surface area (Å²) in [4.78, 5) is 15.2. The van der Waals surface area contributed by atoms with Crippen molar-refractivity contribution in [3.8, 4) is 17.3 Å². The number of nitrogens with zero attached hydrogens (tertiary/aromatic N) is 4. The highest BCUT2D eigenvalue weighted by molar-refractivity contribution is 6.12. The molecule has 6 heteroatoms. The number of hydrogen-bond donors (Lipinski definition) is 0. The summed E-state index contributed by atoms with van der Waals surface area (Å²) in [5.41, 5.74) is 9.48. The number of pyridine rings is 2. The first-order valence-corrected chi connectivity index (χ1v) is 18.9. The van der Waals surface area contributed by atoms with Crippen LogP contribution in [0.4, 0.5) is 0 Å². The van der Waals surface area contributed by atoms with Crippen molar-refractivity contribution in [1.29, 1.82) is 0 Å². The summed E-state index contributed by atoms with van der Waals surface area (Å²) in [5.74, 6) is 2.72. The standard InChI is InChI=1S/C47H50N4O2/c1-25(2)37-21-30(22-38(49-37)43-50-47(12)34-16-15-26(3)28(5)33(34)24-46(47,11)53-43)52-40-23-39-31(18-27(40)4)32-19-29(44(6,7)8)20-36-41(32)51(39)42-35(45(36,9)10)14-13-17-48-42/h13-23,25H,24H2,1-12H3/t46-,47+/m0/s1/i24D2. The molecule has 3 aromatic carbocycles. The van der Waals surface area contributed by atoms with Crippen LogP contribution in [0.5, 0.6) is 11.5 Å². The van der Waals surface area contributed by atoms with E-state index in [1.807, 2.05) is 58.2 Å². The third-order valence-corrected chi connectivity index (χ3v) is 12.4. The van der Waals surface area contributed by atoms with Crippen LogP contribution < -0.4 is 4.74 Å². The van der Waals surface area contributed by atoms with Crippen LogP contribution in [0, 0.1) is 20.8 Å². The average molecular weight is 705 g/mol. The minimum atomic E-state index is -1.78. The smallest absolute Gasteiger partial charge is 0.237 e. The second-order valence-electron chi connectivity index (χ2n) is 17.7. The maximum Gasteiger partial charge on any atom is 0.237 e. The Morgan fingerprint density at radius 3 is 2.40 bits per heavy atom. The molecular formula is C47H50N4O2. The Balaban J connectivity index is 1.20. The molecule has 0 amide bonds. The molecule has 6 nitrogen and oxygen atoms in total. The largest absolute Gasteiger partial charge is 0.467 e. The monoisotopic (exact) mass is 704 g/mol. The van der Waals surface area contributed by atoms with Gasteiger partial charge in [-0.25, -0.2) is 15.0 Å². The molecule has 9 rings (SSSR count). The summed E-state index contributed by atoms with van der Waals surface area (Å²) in [6.45, 7) is 25.6. The van der Waals surface area contributed by atoms with E-state index >= 15 is 0 Å². The average Bonchev–Trinajstić information content (AvgIpc) is 3.63. The van der Waals surface area contributed by atoms with Gasteiger partial charge in [-0.05, 0) is 103 Å². The maximum absolute atomic E-state index is 9.42. The Hall–Kier alpha value is -4.97. The summed E-state index contributed by atoms with van der Waals surface area (Å²) < 4.78 is 34.7. The predicted molar refractivity (Wildman–Crippen MR) is 216 cm³/mol. The van der Waals surface area contributed by atoms with E-state index < -0.39 is 17.5 Å². The number of rotatable bonds is 4. The molecule has 0 bridgehead atoms. The molecule has 0 N–H and O–H groups in total. The van der Waals surface area contributed by atoms with Crippen LogP contribution in [0.3, 0.4) is 0 Å². The van der Waals surface area contributed by atoms with Crippen molar-refractivity contribution in [2.75, 3.05) is 0 Å². The lowest BCUT2D eigenvalue weighted by atomic mass is 9.73. The first kappa shape index (κ1) is 31.5. The van der Waals surface area contributed by atoms with Crippen LogP contribution in [-0.4, -0.2) is 26.0 Å². The summed E-state index contributed by atoms with van der Waals surface area (Å²) in [5, 5.41) is 2.39. The van der Waals surface area contributed by atoms with E-state index in [2.05, 4.69) is 96.4 Å². The second-order valence-corrected chi connectivity index (χ2v) is 17.7. The number of benzene rings is 3. The third kappa shape index (κ3) is 4.66. The van der Waals surface area contributed by atoms with Crippen molar-refractivity contribution in [3.05, 3.63) is 123 Å². The Morgan fingerprint density at radius 2 is 1.66 bits per heavy atom. The predicted octanol–water partition coefficient (Wildman–Crippen LogP) is 11.4. The van der Waals surface area contributed by atoms with E-state index in [4.69, 9.17) is 24.4 Å². The van der Waals surface area contributed by atoms with Crippen LogP contribution in [0.2, 0.25) is 0 Å². The fraction of sp³-hybridized carbons (Fsp3) is 0.383. The van der Waals surface area contributed by atoms with Crippen molar-refractivity contribution >= 4 is 27.7 Å². The topological polar surface area (TPSA) is 61.5 Å². The number of fused-ring (bicyclic) bond motifs is 8. The SMILES string of the molecule is [2H]C1([2H])c2c(ccc(C)c2C)[C@@]2(C)N=C(c3cc(Oc4cc5c(cc4C)c4cc(C(C)(C)C)cc6c4n5-c4ncccc4C6(C)C)cc(C(C)C)n3)O[C@@]12C. The van der Waals surface area contributed by atoms with Gasteiger partial charge in [0.2, 0.25) is 5.90 Å². The molecule has 1 aliphatic carbocycles. The Bertz CT molecular complexity index is 2700. The van der Waals surface area contributed by atoms with E-state index in [0.29, 0.717) is 22.9 Å². The molecule has 270 valence electrons. The second kappa shape index (κ2) is 10.8. The lowest BCUT2D eigenvalue weighted by molar-refractivity contribution is 0.0473. The van der Waals surface area contributed by atoms with E-state index in [1.165, 1.54) is 33.0 Å². The fourth-order valence-corrected chi connectivity index (χ4v) is 8.66. The normalized spacial score (nSPS) is 22.6. The number of hydrogen-bond acceptors (Lipinski definition) is 5. The third-order valence-electron chi connectivity index (χ3n) is 12.4. The molecule has 2 atom stereocenters. The number of ether oxygens (including phenoxy) is 2. The van der Waals surface area contributed by atoms with Gasteiger partial charge in [-0.2, -0.15) is 0 Å². The molecule has 0 saturated heterocycles. The highest BCUT2D eigenvalue weighted by atomic mass is 16.5. The van der Waals surface area contributed by atoms with Gasteiger partial charge in [0, 0.05) is 61.0 Å². The Morgan fingerprint density at radius 1 is 0.887 bits per heavy atom. The zero-order valence-electron chi connectivity index (χ0n) is 35.0. The minimum absolute atomic E-state index is 0.0271. The molecule has 0 saturated carbocycles. The first-order valence-electron chi connectivity index (χ1n) is 19.9. The van der Waals surface area contributed by atoms with Gasteiger partial charge in [0.05, 0.1) is 11.0 Å². The molecule has 0 unspecified atom stereocenters. The summed E-state index contributed by atoms with van der Waals surface area (Å²) in [6.07, 6.45) is 0.102. The maximum atomic E-state index is 9.42. The number of aliphatic imine (C=N–C) groups is 1. The van der Waals surface area contributed by atoms with Crippen LogP contribution in [-0.2, 0) is 27.5 Å². The van der Waals surface area contributed by atoms with Gasteiger partial charge in [0.1, 0.15) is 34.2 Å². The molecule has 2 aliphatic heterocycles. The van der Waals surface area contributed by atoms with Crippen LogP contribution in [0.15, 0.2) is 71.9 Å². The Kier molecular flexibility index (Phi) is 6.43. The summed E-state index contributed by atoms with van der Waals surface area (Å²) in [6, 6.07) is 21.4. The molecule has 5 heterocycles. The zero-order chi connectivity index (χ0) is 39.4. The van der Waals surface area contributed by atoms with E-state index in [0.717, 1.165) is 45.0 Å². The van der Waals surface area contributed by atoms with Crippen molar-refractivity contribution in [1.82, 2.24) is 14.5 Å². The van der Waals surface area contributed by atoms with Gasteiger partial charge in [0.15, 0.2) is 0 Å². The van der Waals surface area contributed by atoms with Crippen LogP contribution in [0.1, 0.15) is 127 Å². The van der Waals surface area contributed by atoms with E-state index in [-0.39, 0.29) is 16.7 Å². The van der Waals surface area contributed by atoms with E-state index in [1.54, 1.807) is 0 Å². The lowest BCUT2D eigenvalue weighted by Crippen LogP contribution is -2.41. The molecule has 3 aromatic heterocycles. The van der Waals surface area contributed by atoms with Crippen molar-refractivity contribution in [2.45, 2.75) is 117 Å². The summed E-state index contributed by atoms with van der Waals surface area (Å²) >= 11 is 0. The molecule has 53 heavy (non-hydrogen) atoms. The van der Waals surface area contributed by atoms with Crippen LogP contribution in [0.25, 0.3) is 27.6 Å². The Labute approximate surface area is 316 Å². The first-order chi connectivity index (χ1) is 25.7. The van der Waals surface area contributed by atoms with Gasteiger partial charge in [0.25, 0.3) is 0 Å². The number of aromatic nitrogens is 3. The molecule has 0 spiro atoms. The molecule has 3 aliphatic rings. The van der Waals surface area contributed by atoms with Crippen molar-refractivity contribution < 1.29 is 12.2 Å². The van der Waals surface area contributed by atoms with Crippen molar-refractivity contribution in [3.63, 3.8) is 0 Å². The molecule has 0 fully saturated rings. The zero-order valence-corrected chi connectivity index (χ0v) is 33.0. The van der Waals surface area contributed by atoms with Crippen molar-refractivity contribution in [2.24, 2.45) is 4.99 Å². The molecular weight excluding hydrogens is 653 g/mol.